The van der Waals surface area contributed by atoms with Crippen LogP contribution in [0.3, 0.4) is 0 Å². The maximum Gasteiger partial charge on any atom is 0.312 e. The van der Waals surface area contributed by atoms with Crippen molar-refractivity contribution in [3.05, 3.63) is 35.6 Å². The molecule has 0 amide bonds. The number of carbonyl (C=O) groups is 3. The Morgan fingerprint density at radius 1 is 1.22 bits per heavy atom. The van der Waals surface area contributed by atoms with Crippen LogP contribution in [0.15, 0.2) is 35.6 Å². The Morgan fingerprint density at radius 3 is 2.44 bits per heavy atom. The van der Waals surface area contributed by atoms with Crippen molar-refractivity contribution in [2.45, 2.75) is 6.92 Å². The third kappa shape index (κ3) is 3.16. The maximum absolute atomic E-state index is 11.6. The van der Waals surface area contributed by atoms with E-state index in [0.717, 1.165) is 6.08 Å². The number of esters is 1. The molecule has 0 saturated heterocycles. The molecule has 0 bridgehead atoms. The van der Waals surface area contributed by atoms with Crippen molar-refractivity contribution in [3.8, 4) is 0 Å². The van der Waals surface area contributed by atoms with Gasteiger partial charge >= 0.3 is 5.97 Å². The topological polar surface area (TPSA) is 69.7 Å². The number of carbonyl (C=O) groups excluding carboxylic acids is 3. The molecule has 0 aromatic rings. The first-order chi connectivity index (χ1) is 8.49. The summed E-state index contributed by atoms with van der Waals surface area (Å²) < 4.78 is 9.29. The van der Waals surface area contributed by atoms with Gasteiger partial charge in [0.15, 0.2) is 11.5 Å². The molecule has 0 spiro atoms. The molecule has 1 aliphatic carbocycles. The van der Waals surface area contributed by atoms with E-state index in [1.54, 1.807) is 6.92 Å². The van der Waals surface area contributed by atoms with Crippen LogP contribution in [0.5, 0.6) is 0 Å². The van der Waals surface area contributed by atoms with Gasteiger partial charge in [-0.3, -0.25) is 14.4 Å². The van der Waals surface area contributed by atoms with Crippen molar-refractivity contribution in [1.29, 1.82) is 0 Å². The summed E-state index contributed by atoms with van der Waals surface area (Å²) in [6.45, 7) is 1.63. The van der Waals surface area contributed by atoms with Gasteiger partial charge in [0.05, 0.1) is 20.1 Å². The Morgan fingerprint density at radius 2 is 1.89 bits per heavy atom. The molecule has 1 unspecified atom stereocenters. The highest BCUT2D eigenvalue weighted by molar-refractivity contribution is 6.20. The van der Waals surface area contributed by atoms with Crippen molar-refractivity contribution in [1.82, 2.24) is 0 Å². The fraction of sp³-hybridized carbons (Fsp3) is 0.308. The summed E-state index contributed by atoms with van der Waals surface area (Å²) in [6.07, 6.45) is 5.26. The number of methoxy groups -OCH3 is 2. The quantitative estimate of drug-likeness (QED) is 0.549. The van der Waals surface area contributed by atoms with Crippen LogP contribution in [0.2, 0.25) is 0 Å². The van der Waals surface area contributed by atoms with E-state index in [1.165, 1.54) is 32.4 Å². The van der Waals surface area contributed by atoms with E-state index in [0.29, 0.717) is 0 Å². The van der Waals surface area contributed by atoms with Crippen molar-refractivity contribution < 1.29 is 23.9 Å². The fourth-order valence-corrected chi connectivity index (χ4v) is 1.36. The molecule has 1 rings (SSSR count). The average Bonchev–Trinajstić information content (AvgIpc) is 2.37. The third-order valence-electron chi connectivity index (χ3n) is 2.43. The first kappa shape index (κ1) is 13.9. The lowest BCUT2D eigenvalue weighted by Crippen LogP contribution is -2.14. The van der Waals surface area contributed by atoms with Gasteiger partial charge in [-0.25, -0.2) is 0 Å². The van der Waals surface area contributed by atoms with Gasteiger partial charge in [0, 0.05) is 17.7 Å². The predicted octanol–water partition coefficient (Wildman–Crippen LogP) is 0.960. The molecule has 0 heterocycles. The largest absolute Gasteiger partial charge is 0.493 e. The second kappa shape index (κ2) is 5.95. The molecule has 0 saturated carbocycles. The minimum atomic E-state index is -0.480. The molecule has 0 aromatic heterocycles. The smallest absolute Gasteiger partial charge is 0.312 e. The third-order valence-corrected chi connectivity index (χ3v) is 2.43. The van der Waals surface area contributed by atoms with Gasteiger partial charge in [-0.1, -0.05) is 12.2 Å². The number of allylic oxidation sites excluding steroid dienone is 4. The Bertz CT molecular complexity index is 468. The molecule has 96 valence electrons. The van der Waals surface area contributed by atoms with Crippen LogP contribution in [0, 0.1) is 5.92 Å². The number of rotatable bonds is 4. The van der Waals surface area contributed by atoms with Gasteiger partial charge < -0.3 is 9.47 Å². The molecular weight excluding hydrogens is 236 g/mol. The maximum atomic E-state index is 11.6. The highest BCUT2D eigenvalue weighted by Gasteiger charge is 2.19. The minimum absolute atomic E-state index is 0.0122. The molecule has 0 aliphatic heterocycles. The first-order valence-electron chi connectivity index (χ1n) is 5.31. The molecule has 0 radical (unpaired) electrons. The van der Waals surface area contributed by atoms with Crippen molar-refractivity contribution in [2.75, 3.05) is 14.2 Å². The van der Waals surface area contributed by atoms with Gasteiger partial charge in [-0.2, -0.15) is 0 Å². The second-order valence-corrected chi connectivity index (χ2v) is 3.71. The van der Waals surface area contributed by atoms with E-state index in [9.17, 15) is 14.4 Å². The standard InChI is InChI=1S/C13H14O5/c1-8(13(16)18-3)4-5-9-6-11(15)12(17-2)7-10(9)14/h4-8H,1-3H3/b5-4+. The molecule has 5 nitrogen and oxygen atoms in total. The Balaban J connectivity index is 2.81. The Hall–Kier alpha value is -2.17. The van der Waals surface area contributed by atoms with E-state index in [2.05, 4.69) is 4.74 Å². The van der Waals surface area contributed by atoms with E-state index >= 15 is 0 Å². The lowest BCUT2D eigenvalue weighted by Gasteiger charge is -2.09. The summed E-state index contributed by atoms with van der Waals surface area (Å²) >= 11 is 0. The van der Waals surface area contributed by atoms with Gasteiger partial charge in [0.25, 0.3) is 0 Å². The zero-order valence-electron chi connectivity index (χ0n) is 10.4. The van der Waals surface area contributed by atoms with Crippen LogP contribution in [0.1, 0.15) is 6.92 Å². The molecular formula is C13H14O5. The predicted molar refractivity (Wildman–Crippen MR) is 63.5 cm³/mol. The van der Waals surface area contributed by atoms with Gasteiger partial charge in [0.2, 0.25) is 5.78 Å². The number of ketones is 2. The van der Waals surface area contributed by atoms with E-state index < -0.39 is 11.9 Å². The Labute approximate surface area is 105 Å². The minimum Gasteiger partial charge on any atom is -0.493 e. The summed E-state index contributed by atoms with van der Waals surface area (Å²) in [5.41, 5.74) is 0.219. The van der Waals surface area contributed by atoms with Gasteiger partial charge in [-0.15, -0.1) is 0 Å². The molecule has 18 heavy (non-hydrogen) atoms. The summed E-state index contributed by atoms with van der Waals surface area (Å²) in [5.74, 6) is -1.58. The first-order valence-corrected chi connectivity index (χ1v) is 5.31. The number of ether oxygens (including phenoxy) is 2. The van der Waals surface area contributed by atoms with Crippen molar-refractivity contribution in [3.63, 3.8) is 0 Å². The highest BCUT2D eigenvalue weighted by Crippen LogP contribution is 2.14. The monoisotopic (exact) mass is 250 g/mol. The zero-order chi connectivity index (χ0) is 13.7. The van der Waals surface area contributed by atoms with Crippen molar-refractivity contribution >= 4 is 17.5 Å². The van der Waals surface area contributed by atoms with Crippen LogP contribution in [-0.2, 0) is 23.9 Å². The summed E-state index contributed by atoms with van der Waals surface area (Å²) in [4.78, 5) is 34.2. The molecule has 0 fully saturated rings. The average molecular weight is 250 g/mol. The highest BCUT2D eigenvalue weighted by atomic mass is 16.5. The van der Waals surface area contributed by atoms with Crippen molar-refractivity contribution in [2.24, 2.45) is 5.92 Å². The van der Waals surface area contributed by atoms with Gasteiger partial charge in [0.1, 0.15) is 0 Å². The summed E-state index contributed by atoms with van der Waals surface area (Å²) in [7, 11) is 2.61. The van der Waals surface area contributed by atoms with E-state index in [1.807, 2.05) is 0 Å². The van der Waals surface area contributed by atoms with Crippen LogP contribution in [0.4, 0.5) is 0 Å². The van der Waals surface area contributed by atoms with Crippen LogP contribution < -0.4 is 0 Å². The molecule has 0 aromatic carbocycles. The summed E-state index contributed by atoms with van der Waals surface area (Å²) in [6, 6.07) is 0. The zero-order valence-corrected chi connectivity index (χ0v) is 10.4. The fourth-order valence-electron chi connectivity index (χ4n) is 1.36. The van der Waals surface area contributed by atoms with E-state index in [-0.39, 0.29) is 22.9 Å². The lowest BCUT2D eigenvalue weighted by molar-refractivity contribution is -0.143. The number of hydrogen-bond donors (Lipinski definition) is 0. The van der Waals surface area contributed by atoms with Crippen LogP contribution >= 0.6 is 0 Å². The van der Waals surface area contributed by atoms with E-state index in [4.69, 9.17) is 4.74 Å². The molecule has 1 aliphatic rings. The van der Waals surface area contributed by atoms with Crippen LogP contribution in [0.25, 0.3) is 0 Å². The molecule has 0 N–H and O–H groups in total. The molecule has 5 heteroatoms. The Kier molecular flexibility index (Phi) is 4.59. The molecule has 1 atom stereocenters. The SMILES string of the molecule is COC(=O)C(C)/C=C/C1=CC(=O)C(OC)=CC1=O. The second-order valence-electron chi connectivity index (χ2n) is 3.71. The normalized spacial score (nSPS) is 17.3. The van der Waals surface area contributed by atoms with Crippen LogP contribution in [-0.4, -0.2) is 31.8 Å². The summed E-state index contributed by atoms with van der Waals surface area (Å²) in [5, 5.41) is 0. The van der Waals surface area contributed by atoms with Gasteiger partial charge in [-0.05, 0) is 6.92 Å². The lowest BCUT2D eigenvalue weighted by atomic mass is 10.0. The number of hydrogen-bond acceptors (Lipinski definition) is 5.